The maximum atomic E-state index is 6.81. The Kier molecular flexibility index (Phi) is 7.78. The summed E-state index contributed by atoms with van der Waals surface area (Å²) in [5, 5.41) is 4.64. The predicted molar refractivity (Wildman–Crippen MR) is 237 cm³/mol. The van der Waals surface area contributed by atoms with E-state index in [1.54, 1.807) is 0 Å². The van der Waals surface area contributed by atoms with Crippen LogP contribution in [0.2, 0.25) is 0 Å². The van der Waals surface area contributed by atoms with E-state index in [9.17, 15) is 0 Å². The minimum atomic E-state index is 0.590. The van der Waals surface area contributed by atoms with Crippen LogP contribution in [0.3, 0.4) is 0 Å². The van der Waals surface area contributed by atoms with Gasteiger partial charge in [0.1, 0.15) is 5.52 Å². The molecule has 57 heavy (non-hydrogen) atoms. The summed E-state index contributed by atoms with van der Waals surface area (Å²) in [4.78, 5) is 7.42. The number of oxazole rings is 1. The predicted octanol–water partition coefficient (Wildman–Crippen LogP) is 14.5. The van der Waals surface area contributed by atoms with Crippen molar-refractivity contribution >= 4 is 60.7 Å². The first-order valence-corrected chi connectivity index (χ1v) is 19.3. The molecular formula is C53H35N3O. The summed E-state index contributed by atoms with van der Waals surface area (Å²) < 4.78 is 9.22. The van der Waals surface area contributed by atoms with Crippen LogP contribution in [0.15, 0.2) is 217 Å². The van der Waals surface area contributed by atoms with E-state index >= 15 is 0 Å². The fourth-order valence-electron chi connectivity index (χ4n) is 8.39. The maximum absolute atomic E-state index is 6.81. The highest BCUT2D eigenvalue weighted by Crippen LogP contribution is 2.48. The zero-order chi connectivity index (χ0) is 37.7. The second-order valence-corrected chi connectivity index (χ2v) is 14.4. The smallest absolute Gasteiger partial charge is 0.227 e. The molecule has 0 fully saturated rings. The van der Waals surface area contributed by atoms with Gasteiger partial charge in [0.15, 0.2) is 5.58 Å². The molecule has 9 aromatic carbocycles. The molecule has 4 heteroatoms. The van der Waals surface area contributed by atoms with Gasteiger partial charge in [-0.3, -0.25) is 0 Å². The third kappa shape index (κ3) is 5.58. The minimum Gasteiger partial charge on any atom is -0.434 e. The fourth-order valence-corrected chi connectivity index (χ4v) is 8.39. The zero-order valence-corrected chi connectivity index (χ0v) is 31.0. The molecule has 2 aromatic heterocycles. The molecular weight excluding hydrogens is 695 g/mol. The number of fused-ring (bicyclic) bond motifs is 6. The summed E-state index contributed by atoms with van der Waals surface area (Å²) in [6.07, 6.45) is 0. The molecule has 11 rings (SSSR count). The van der Waals surface area contributed by atoms with Crippen LogP contribution in [0.5, 0.6) is 0 Å². The molecule has 0 unspecified atom stereocenters. The molecule has 0 aliphatic carbocycles. The van der Waals surface area contributed by atoms with Crippen LogP contribution in [-0.4, -0.2) is 9.55 Å². The number of nitrogens with zero attached hydrogens (tertiary/aromatic N) is 3. The fraction of sp³-hybridized carbons (Fsp3) is 0. The van der Waals surface area contributed by atoms with E-state index in [2.05, 4.69) is 185 Å². The molecule has 0 amide bonds. The van der Waals surface area contributed by atoms with Crippen LogP contribution < -0.4 is 4.90 Å². The van der Waals surface area contributed by atoms with Crippen molar-refractivity contribution in [1.29, 1.82) is 0 Å². The second-order valence-electron chi connectivity index (χ2n) is 14.4. The molecule has 0 atom stereocenters. The Morgan fingerprint density at radius 1 is 0.404 bits per heavy atom. The highest BCUT2D eigenvalue weighted by Gasteiger charge is 2.25. The van der Waals surface area contributed by atoms with Crippen molar-refractivity contribution in [2.75, 3.05) is 4.90 Å². The molecule has 0 N–H and O–H groups in total. The lowest BCUT2D eigenvalue weighted by molar-refractivity contribution is 0.620. The number of benzene rings is 9. The number of hydrogen-bond donors (Lipinski definition) is 0. The van der Waals surface area contributed by atoms with Gasteiger partial charge in [-0.2, -0.15) is 0 Å². The Balaban J connectivity index is 1.27. The molecule has 0 aliphatic heterocycles. The third-order valence-corrected chi connectivity index (χ3v) is 11.0. The van der Waals surface area contributed by atoms with E-state index in [1.807, 2.05) is 36.4 Å². The topological polar surface area (TPSA) is 34.2 Å². The number of para-hydroxylation sites is 3. The average Bonchev–Trinajstić information content (AvgIpc) is 3.88. The molecule has 268 valence electrons. The molecule has 0 bridgehead atoms. The van der Waals surface area contributed by atoms with Crippen LogP contribution >= 0.6 is 0 Å². The monoisotopic (exact) mass is 729 g/mol. The minimum absolute atomic E-state index is 0.590. The van der Waals surface area contributed by atoms with Crippen LogP contribution in [-0.2, 0) is 0 Å². The Hall–Kier alpha value is -7.69. The Morgan fingerprint density at radius 2 is 0.965 bits per heavy atom. The van der Waals surface area contributed by atoms with Gasteiger partial charge in [-0.15, -0.1) is 0 Å². The van der Waals surface area contributed by atoms with Gasteiger partial charge in [-0.05, 0) is 89.0 Å². The summed E-state index contributed by atoms with van der Waals surface area (Å²) in [5.41, 5.74) is 13.4. The van der Waals surface area contributed by atoms with Crippen molar-refractivity contribution in [3.8, 4) is 39.4 Å². The van der Waals surface area contributed by atoms with Crippen LogP contribution in [0.1, 0.15) is 0 Å². The zero-order valence-electron chi connectivity index (χ0n) is 31.0. The molecule has 11 aromatic rings. The highest BCUT2D eigenvalue weighted by molar-refractivity contribution is 6.23. The van der Waals surface area contributed by atoms with Gasteiger partial charge in [0.25, 0.3) is 0 Å². The van der Waals surface area contributed by atoms with Crippen LogP contribution in [0.25, 0.3) is 83.1 Å². The summed E-state index contributed by atoms with van der Waals surface area (Å²) >= 11 is 0. The maximum Gasteiger partial charge on any atom is 0.227 e. The lowest BCUT2D eigenvalue weighted by Gasteiger charge is -2.28. The third-order valence-electron chi connectivity index (χ3n) is 11.0. The van der Waals surface area contributed by atoms with Crippen molar-refractivity contribution in [2.45, 2.75) is 0 Å². The van der Waals surface area contributed by atoms with Crippen molar-refractivity contribution < 1.29 is 4.42 Å². The van der Waals surface area contributed by atoms with Gasteiger partial charge < -0.3 is 13.9 Å². The first kappa shape index (κ1) is 32.7. The summed E-state index contributed by atoms with van der Waals surface area (Å²) in [5.74, 6) is 0.590. The van der Waals surface area contributed by atoms with Crippen molar-refractivity contribution in [1.82, 2.24) is 9.55 Å². The summed E-state index contributed by atoms with van der Waals surface area (Å²) in [7, 11) is 0. The van der Waals surface area contributed by atoms with E-state index in [0.717, 1.165) is 78.0 Å². The molecule has 0 saturated heterocycles. The van der Waals surface area contributed by atoms with E-state index in [0.29, 0.717) is 5.89 Å². The molecule has 0 radical (unpaired) electrons. The Morgan fingerprint density at radius 3 is 1.63 bits per heavy atom. The molecule has 0 saturated carbocycles. The normalized spacial score (nSPS) is 11.5. The Bertz CT molecular complexity index is 3170. The summed E-state index contributed by atoms with van der Waals surface area (Å²) in [6.45, 7) is 0. The van der Waals surface area contributed by atoms with Gasteiger partial charge in [-0.1, -0.05) is 146 Å². The number of aromatic nitrogens is 2. The van der Waals surface area contributed by atoms with Gasteiger partial charge >= 0.3 is 0 Å². The number of rotatable bonds is 7. The highest BCUT2D eigenvalue weighted by atomic mass is 16.3. The molecule has 0 aliphatic rings. The van der Waals surface area contributed by atoms with Gasteiger partial charge in [0.05, 0.1) is 22.4 Å². The number of anilines is 3. The van der Waals surface area contributed by atoms with Gasteiger partial charge in [-0.25, -0.2) is 4.98 Å². The van der Waals surface area contributed by atoms with Crippen LogP contribution in [0.4, 0.5) is 17.1 Å². The lowest BCUT2D eigenvalue weighted by Crippen LogP contribution is -2.11. The molecule has 4 nitrogen and oxygen atoms in total. The largest absolute Gasteiger partial charge is 0.434 e. The van der Waals surface area contributed by atoms with E-state index < -0.39 is 0 Å². The number of hydrogen-bond acceptors (Lipinski definition) is 3. The molecule has 2 heterocycles. The van der Waals surface area contributed by atoms with E-state index in [-0.39, 0.29) is 0 Å². The van der Waals surface area contributed by atoms with Crippen molar-refractivity contribution in [3.63, 3.8) is 0 Å². The quantitative estimate of drug-likeness (QED) is 0.164. The lowest BCUT2D eigenvalue weighted by atomic mass is 9.96. The van der Waals surface area contributed by atoms with Gasteiger partial charge in [0, 0.05) is 38.5 Å². The standard InChI is InChI=1S/C53H35N3O/c1-5-18-36(19-6-1)39-32-40(37-20-7-2-8-21-37)34-42(33-39)55(49-31-17-29-47-52(49)57-53(54-47)38-22-9-3-10-23-38)50-35-46-44-27-15-16-30-48(44)56(41-24-11-4-12-25-41)51(46)45-28-14-13-26-43(45)50/h1-35H. The average molecular weight is 730 g/mol. The first-order chi connectivity index (χ1) is 28.3. The van der Waals surface area contributed by atoms with Crippen LogP contribution in [0, 0.1) is 0 Å². The second kappa shape index (κ2) is 13.6. The van der Waals surface area contributed by atoms with E-state index in [4.69, 9.17) is 9.40 Å². The van der Waals surface area contributed by atoms with Crippen molar-refractivity contribution in [3.05, 3.63) is 212 Å². The molecule has 0 spiro atoms. The Labute approximate surface area is 330 Å². The van der Waals surface area contributed by atoms with Gasteiger partial charge in [0.2, 0.25) is 5.89 Å². The SMILES string of the molecule is c1ccc(-c2cc(-c3ccccc3)cc(N(c3cc4c5ccccc5n(-c5ccccc5)c4c4ccccc34)c3cccc4nc(-c5ccccc5)oc34)c2)cc1. The van der Waals surface area contributed by atoms with Crippen molar-refractivity contribution in [2.24, 2.45) is 0 Å². The first-order valence-electron chi connectivity index (χ1n) is 19.3. The summed E-state index contributed by atoms with van der Waals surface area (Å²) in [6, 6.07) is 75.2. The van der Waals surface area contributed by atoms with E-state index in [1.165, 1.54) is 16.3 Å².